The molecule has 0 fully saturated rings. The molecule has 2 atom stereocenters. The van der Waals surface area contributed by atoms with Crippen LogP contribution in [-0.4, -0.2) is 24.9 Å². The van der Waals surface area contributed by atoms with Crippen LogP contribution in [0.25, 0.3) is 0 Å². The molecule has 0 aliphatic rings. The van der Waals surface area contributed by atoms with Gasteiger partial charge in [-0.25, -0.2) is 0 Å². The monoisotopic (exact) mass is 273 g/mol. The zero-order chi connectivity index (χ0) is 14.3. The van der Waals surface area contributed by atoms with Gasteiger partial charge in [0.15, 0.2) is 0 Å². The predicted octanol–water partition coefficient (Wildman–Crippen LogP) is 2.96. The van der Waals surface area contributed by atoms with E-state index in [0.717, 1.165) is 12.0 Å². The van der Waals surface area contributed by atoms with Crippen LogP contribution >= 0.6 is 0 Å². The third-order valence-corrected chi connectivity index (χ3v) is 2.94. The van der Waals surface area contributed by atoms with Crippen LogP contribution in [0.4, 0.5) is 8.78 Å². The normalized spacial score (nSPS) is 14.4. The molecule has 19 heavy (non-hydrogen) atoms. The van der Waals surface area contributed by atoms with E-state index >= 15 is 0 Å². The number of halogens is 2. The fourth-order valence-electron chi connectivity index (χ4n) is 1.85. The summed E-state index contributed by atoms with van der Waals surface area (Å²) in [5.74, 6) is 0.325. The minimum Gasteiger partial charge on any atom is -0.434 e. The number of hydrogen-bond acceptors (Lipinski definition) is 3. The van der Waals surface area contributed by atoms with Crippen LogP contribution in [-0.2, 0) is 0 Å². The Balaban J connectivity index is 2.79. The molecule has 2 unspecified atom stereocenters. The Bertz CT molecular complexity index is 374. The van der Waals surface area contributed by atoms with Gasteiger partial charge in [0, 0.05) is 24.8 Å². The van der Waals surface area contributed by atoms with Crippen molar-refractivity contribution in [3.8, 4) is 5.75 Å². The molecule has 1 aromatic rings. The summed E-state index contributed by atoms with van der Waals surface area (Å²) in [5.41, 5.74) is 0.718. The third-order valence-electron chi connectivity index (χ3n) is 2.94. The number of aliphatic hydroxyl groups excluding tert-OH is 1. The van der Waals surface area contributed by atoms with Crippen molar-refractivity contribution in [3.63, 3.8) is 0 Å². The minimum absolute atomic E-state index is 0.0658. The minimum atomic E-state index is -2.82. The molecule has 3 nitrogen and oxygen atoms in total. The summed E-state index contributed by atoms with van der Waals surface area (Å²) in [7, 11) is 0. The smallest absolute Gasteiger partial charge is 0.387 e. The van der Waals surface area contributed by atoms with Crippen molar-refractivity contribution in [1.82, 2.24) is 5.32 Å². The second kappa shape index (κ2) is 8.07. The van der Waals surface area contributed by atoms with E-state index in [2.05, 4.69) is 10.1 Å². The average Bonchev–Trinajstić information content (AvgIpc) is 2.40. The number of hydrogen-bond donors (Lipinski definition) is 2. The molecule has 0 heterocycles. The number of alkyl halides is 2. The summed E-state index contributed by atoms with van der Waals surface area (Å²) in [6, 6.07) is 6.73. The molecule has 0 amide bonds. The topological polar surface area (TPSA) is 41.5 Å². The number of nitrogens with one attached hydrogen (secondary N) is 1. The molecular weight excluding hydrogens is 252 g/mol. The molecule has 0 aromatic heterocycles. The Labute approximate surface area is 112 Å². The molecule has 0 aliphatic heterocycles. The second-order valence-corrected chi connectivity index (χ2v) is 4.57. The van der Waals surface area contributed by atoms with Crippen LogP contribution < -0.4 is 10.1 Å². The van der Waals surface area contributed by atoms with Crippen molar-refractivity contribution in [2.24, 2.45) is 5.92 Å². The Morgan fingerprint density at radius 3 is 2.58 bits per heavy atom. The lowest BCUT2D eigenvalue weighted by molar-refractivity contribution is -0.0507. The van der Waals surface area contributed by atoms with Gasteiger partial charge in [0.25, 0.3) is 0 Å². The predicted molar refractivity (Wildman–Crippen MR) is 70.4 cm³/mol. The van der Waals surface area contributed by atoms with E-state index in [1.165, 1.54) is 0 Å². The van der Waals surface area contributed by atoms with Crippen LogP contribution in [0.15, 0.2) is 24.3 Å². The highest BCUT2D eigenvalue weighted by Gasteiger charge is 2.16. The van der Waals surface area contributed by atoms with E-state index < -0.39 is 6.61 Å². The van der Waals surface area contributed by atoms with Crippen molar-refractivity contribution >= 4 is 0 Å². The van der Waals surface area contributed by atoms with Gasteiger partial charge in [-0.3, -0.25) is 0 Å². The summed E-state index contributed by atoms with van der Waals surface area (Å²) in [5, 5.41) is 12.3. The number of aliphatic hydroxyl groups is 1. The van der Waals surface area contributed by atoms with Crippen LogP contribution in [0.3, 0.4) is 0 Å². The zero-order valence-electron chi connectivity index (χ0n) is 11.3. The van der Waals surface area contributed by atoms with Crippen molar-refractivity contribution < 1.29 is 18.6 Å². The highest BCUT2D eigenvalue weighted by molar-refractivity contribution is 5.35. The molecule has 5 heteroatoms. The maximum absolute atomic E-state index is 12.4. The molecule has 108 valence electrons. The highest BCUT2D eigenvalue weighted by atomic mass is 19.3. The van der Waals surface area contributed by atoms with Crippen molar-refractivity contribution in [1.29, 1.82) is 0 Å². The second-order valence-electron chi connectivity index (χ2n) is 4.57. The number of ether oxygens (including phenoxy) is 1. The Kier molecular flexibility index (Phi) is 6.73. The van der Waals surface area contributed by atoms with E-state index in [4.69, 9.17) is 5.11 Å². The average molecular weight is 273 g/mol. The summed E-state index contributed by atoms with van der Waals surface area (Å²) in [4.78, 5) is 0. The van der Waals surface area contributed by atoms with Gasteiger partial charge in [0.05, 0.1) is 0 Å². The quantitative estimate of drug-likeness (QED) is 0.765. The SMILES string of the molecule is CCC(NCC(C)CO)c1ccccc1OC(F)F. The standard InChI is InChI=1S/C14H21F2NO2/c1-3-12(17-8-10(2)9-18)11-6-4-5-7-13(11)19-14(15)16/h4-7,10,12,14,17-18H,3,8-9H2,1-2H3. The number of rotatable bonds is 8. The van der Waals surface area contributed by atoms with Gasteiger partial charge in [0.1, 0.15) is 5.75 Å². The molecular formula is C14H21F2NO2. The van der Waals surface area contributed by atoms with E-state index in [1.807, 2.05) is 13.8 Å². The van der Waals surface area contributed by atoms with Crippen LogP contribution in [0.1, 0.15) is 31.9 Å². The molecule has 0 saturated carbocycles. The molecule has 0 radical (unpaired) electrons. The fourth-order valence-corrected chi connectivity index (χ4v) is 1.85. The lowest BCUT2D eigenvalue weighted by Gasteiger charge is -2.22. The van der Waals surface area contributed by atoms with E-state index in [-0.39, 0.29) is 24.3 Å². The Morgan fingerprint density at radius 2 is 2.00 bits per heavy atom. The third kappa shape index (κ3) is 5.12. The molecule has 0 aliphatic carbocycles. The summed E-state index contributed by atoms with van der Waals surface area (Å²) < 4.78 is 29.3. The Hall–Kier alpha value is -1.20. The van der Waals surface area contributed by atoms with Gasteiger partial charge in [-0.15, -0.1) is 0 Å². The molecule has 1 rings (SSSR count). The molecule has 2 N–H and O–H groups in total. The lowest BCUT2D eigenvalue weighted by atomic mass is 10.0. The molecule has 0 bridgehead atoms. The van der Waals surface area contributed by atoms with Crippen LogP contribution in [0.2, 0.25) is 0 Å². The maximum Gasteiger partial charge on any atom is 0.387 e. The van der Waals surface area contributed by atoms with Gasteiger partial charge in [-0.1, -0.05) is 32.0 Å². The molecule has 1 aromatic carbocycles. The van der Waals surface area contributed by atoms with E-state index in [0.29, 0.717) is 6.54 Å². The van der Waals surface area contributed by atoms with E-state index in [9.17, 15) is 8.78 Å². The Morgan fingerprint density at radius 1 is 1.32 bits per heavy atom. The van der Waals surface area contributed by atoms with Crippen molar-refractivity contribution in [2.45, 2.75) is 32.9 Å². The number of para-hydroxylation sites is 1. The maximum atomic E-state index is 12.4. The first-order valence-electron chi connectivity index (χ1n) is 6.46. The molecule has 0 spiro atoms. The summed E-state index contributed by atoms with van der Waals surface area (Å²) >= 11 is 0. The highest BCUT2D eigenvalue weighted by Crippen LogP contribution is 2.28. The van der Waals surface area contributed by atoms with Crippen molar-refractivity contribution in [2.75, 3.05) is 13.2 Å². The van der Waals surface area contributed by atoms with E-state index in [1.54, 1.807) is 24.3 Å². The first-order valence-corrected chi connectivity index (χ1v) is 6.46. The zero-order valence-corrected chi connectivity index (χ0v) is 11.3. The summed E-state index contributed by atoms with van der Waals surface area (Å²) in [6.07, 6.45) is 0.752. The van der Waals surface area contributed by atoms with Gasteiger partial charge >= 0.3 is 6.61 Å². The largest absolute Gasteiger partial charge is 0.434 e. The fraction of sp³-hybridized carbons (Fsp3) is 0.571. The summed E-state index contributed by atoms with van der Waals surface area (Å²) in [6.45, 7) is 1.79. The number of benzene rings is 1. The molecule has 0 saturated heterocycles. The lowest BCUT2D eigenvalue weighted by Crippen LogP contribution is -2.28. The van der Waals surface area contributed by atoms with Gasteiger partial charge in [0.2, 0.25) is 0 Å². The van der Waals surface area contributed by atoms with Gasteiger partial charge in [-0.2, -0.15) is 8.78 Å². The first-order chi connectivity index (χ1) is 9.08. The van der Waals surface area contributed by atoms with Crippen LogP contribution in [0, 0.1) is 5.92 Å². The van der Waals surface area contributed by atoms with Crippen molar-refractivity contribution in [3.05, 3.63) is 29.8 Å². The van der Waals surface area contributed by atoms with Crippen LogP contribution in [0.5, 0.6) is 5.75 Å². The van der Waals surface area contributed by atoms with Gasteiger partial charge in [-0.05, 0) is 18.4 Å². The van der Waals surface area contributed by atoms with Gasteiger partial charge < -0.3 is 15.2 Å². The first kappa shape index (κ1) is 15.9.